The van der Waals surface area contributed by atoms with Gasteiger partial charge in [-0.3, -0.25) is 9.59 Å². The molecule has 6 nitrogen and oxygen atoms in total. The zero-order chi connectivity index (χ0) is 24.4. The Hall–Kier alpha value is -4.10. The first-order valence-electron chi connectivity index (χ1n) is 11.0. The molecule has 0 fully saturated rings. The molecule has 1 aliphatic heterocycles. The number of carbonyl (C=O) groups excluding carboxylic acids is 1. The van der Waals surface area contributed by atoms with Crippen LogP contribution in [0.2, 0.25) is 0 Å². The first-order valence-corrected chi connectivity index (χ1v) is 11.9. The molecule has 1 amide bonds. The minimum atomic E-state index is -0.878. The van der Waals surface area contributed by atoms with Gasteiger partial charge >= 0.3 is 5.97 Å². The smallest absolute Gasteiger partial charge is 0.323 e. The number of rotatable bonds is 7. The Kier molecular flexibility index (Phi) is 6.25. The minimum absolute atomic E-state index is 0.0743. The van der Waals surface area contributed by atoms with E-state index in [-0.39, 0.29) is 12.5 Å². The molecule has 0 bridgehead atoms. The lowest BCUT2D eigenvalue weighted by molar-refractivity contribution is -0.137. The van der Waals surface area contributed by atoms with Gasteiger partial charge in [-0.15, -0.1) is 0 Å². The third-order valence-electron chi connectivity index (χ3n) is 5.79. The maximum Gasteiger partial charge on any atom is 0.323 e. The first-order chi connectivity index (χ1) is 17.0. The highest BCUT2D eigenvalue weighted by molar-refractivity contribution is 8.18. The van der Waals surface area contributed by atoms with Gasteiger partial charge in [0.15, 0.2) is 0 Å². The number of carboxylic acids is 1. The van der Waals surface area contributed by atoms with Crippen LogP contribution in [0.5, 0.6) is 5.75 Å². The van der Waals surface area contributed by atoms with E-state index in [1.165, 1.54) is 11.8 Å². The zero-order valence-corrected chi connectivity index (χ0v) is 19.8. The molecular weight excluding hydrogens is 460 g/mol. The molecule has 35 heavy (non-hydrogen) atoms. The van der Waals surface area contributed by atoms with Crippen LogP contribution in [0.3, 0.4) is 0 Å². The Balaban J connectivity index is 1.27. The molecule has 5 rings (SSSR count). The molecule has 4 aromatic rings. The van der Waals surface area contributed by atoms with Crippen LogP contribution in [0.1, 0.15) is 11.1 Å². The number of hydrogen-bond donors (Lipinski definition) is 1. The molecule has 0 radical (unpaired) electrons. The van der Waals surface area contributed by atoms with Crippen LogP contribution in [0.15, 0.2) is 88.9 Å². The lowest BCUT2D eigenvalue weighted by Crippen LogP contribution is -2.07. The summed E-state index contributed by atoms with van der Waals surface area (Å²) in [5, 5.41) is 10.8. The molecule has 0 atom stereocenters. The second-order valence-electron chi connectivity index (χ2n) is 8.18. The number of nitrogens with zero attached hydrogens (tertiary/aromatic N) is 2. The van der Waals surface area contributed by atoms with E-state index in [0.29, 0.717) is 11.3 Å². The number of benzene rings is 3. The van der Waals surface area contributed by atoms with E-state index in [1.54, 1.807) is 17.9 Å². The maximum atomic E-state index is 12.5. The lowest BCUT2D eigenvalue weighted by Gasteiger charge is -2.05. The molecule has 0 spiro atoms. The van der Waals surface area contributed by atoms with Crippen molar-refractivity contribution in [3.8, 4) is 16.9 Å². The van der Waals surface area contributed by atoms with Crippen LogP contribution in [-0.2, 0) is 22.6 Å². The predicted molar refractivity (Wildman–Crippen MR) is 140 cm³/mol. The van der Waals surface area contributed by atoms with Crippen molar-refractivity contribution in [3.63, 3.8) is 0 Å². The molecule has 174 valence electrons. The molecule has 1 aromatic heterocycles. The largest absolute Gasteiger partial charge is 0.497 e. The summed E-state index contributed by atoms with van der Waals surface area (Å²) in [4.78, 5) is 28.4. The summed E-state index contributed by atoms with van der Waals surface area (Å²) >= 11 is 1.40. The van der Waals surface area contributed by atoms with Gasteiger partial charge in [-0.05, 0) is 64.0 Å². The Bertz CT molecular complexity index is 1480. The van der Waals surface area contributed by atoms with Gasteiger partial charge in [0.2, 0.25) is 0 Å². The number of aliphatic carboxylic acids is 1. The average Bonchev–Trinajstić information content (AvgIpc) is 3.41. The van der Waals surface area contributed by atoms with Crippen molar-refractivity contribution < 1.29 is 19.4 Å². The van der Waals surface area contributed by atoms with Gasteiger partial charge in [-0.1, -0.05) is 54.2 Å². The highest BCUT2D eigenvalue weighted by atomic mass is 32.2. The molecule has 7 heteroatoms. The molecule has 1 N–H and O–H groups in total. The van der Waals surface area contributed by atoms with E-state index in [0.717, 1.165) is 43.9 Å². The van der Waals surface area contributed by atoms with E-state index < -0.39 is 5.97 Å². The Labute approximate surface area is 206 Å². The number of hydrogen-bond acceptors (Lipinski definition) is 4. The highest BCUT2D eigenvalue weighted by Gasteiger charge is 2.22. The fourth-order valence-electron chi connectivity index (χ4n) is 4.05. The summed E-state index contributed by atoms with van der Waals surface area (Å²) in [5.74, 6) is -0.284. The summed E-state index contributed by atoms with van der Waals surface area (Å²) in [5.41, 5.74) is 5.01. The number of methoxy groups -OCH3 is 1. The number of amides is 1. The monoisotopic (exact) mass is 482 g/mol. The van der Waals surface area contributed by atoms with E-state index >= 15 is 0 Å². The standard InChI is InChI=1S/C28H22N2O4S/c1-34-23-9-7-21(8-10-23)20-5-2-18(3-6-20)15-25-28(33)29-26(35-25)16-19-4-11-24-22(14-19)12-13-30(24)17-27(31)32/h2-15H,16-17H2,1H3,(H,31,32). The summed E-state index contributed by atoms with van der Waals surface area (Å²) in [6, 6.07) is 23.7. The molecule has 0 unspecified atom stereocenters. The SMILES string of the molecule is COc1ccc(-c2ccc(C=C3SC(Cc4ccc5c(ccn5CC(=O)O)c4)=NC3=O)cc2)cc1. The van der Waals surface area contributed by atoms with Crippen molar-refractivity contribution in [3.05, 3.63) is 95.0 Å². The van der Waals surface area contributed by atoms with Crippen molar-refractivity contribution in [2.75, 3.05) is 7.11 Å². The molecule has 2 heterocycles. The van der Waals surface area contributed by atoms with Crippen LogP contribution in [0.25, 0.3) is 28.1 Å². The van der Waals surface area contributed by atoms with Gasteiger partial charge in [0.1, 0.15) is 12.3 Å². The van der Waals surface area contributed by atoms with Crippen molar-refractivity contribution in [1.82, 2.24) is 4.57 Å². The number of thioether (sulfide) groups is 1. The zero-order valence-electron chi connectivity index (χ0n) is 19.0. The summed E-state index contributed by atoms with van der Waals surface area (Å²) in [7, 11) is 1.65. The Morgan fingerprint density at radius 3 is 2.43 bits per heavy atom. The summed E-state index contributed by atoms with van der Waals surface area (Å²) < 4.78 is 6.92. The second-order valence-corrected chi connectivity index (χ2v) is 9.29. The van der Waals surface area contributed by atoms with Crippen molar-refractivity contribution >= 4 is 45.7 Å². The Morgan fingerprint density at radius 2 is 1.74 bits per heavy atom. The third-order valence-corrected chi connectivity index (χ3v) is 6.78. The number of aliphatic imine (C=N–C) groups is 1. The van der Waals surface area contributed by atoms with E-state index in [9.17, 15) is 9.59 Å². The fourth-order valence-corrected chi connectivity index (χ4v) is 5.00. The number of fused-ring (bicyclic) bond motifs is 1. The third kappa shape index (κ3) is 5.05. The van der Waals surface area contributed by atoms with Gasteiger partial charge in [0, 0.05) is 18.1 Å². The van der Waals surface area contributed by atoms with E-state index in [2.05, 4.69) is 4.99 Å². The van der Waals surface area contributed by atoms with Gasteiger partial charge in [0.05, 0.1) is 17.1 Å². The second kappa shape index (κ2) is 9.64. The quantitative estimate of drug-likeness (QED) is 0.344. The van der Waals surface area contributed by atoms with Crippen LogP contribution < -0.4 is 4.74 Å². The van der Waals surface area contributed by atoms with Crippen LogP contribution >= 0.6 is 11.8 Å². The normalized spacial score (nSPS) is 14.5. The minimum Gasteiger partial charge on any atom is -0.497 e. The molecular formula is C28H22N2O4S. The van der Waals surface area contributed by atoms with Crippen LogP contribution in [-0.4, -0.2) is 33.7 Å². The molecule has 0 aliphatic carbocycles. The van der Waals surface area contributed by atoms with E-state index in [1.807, 2.05) is 78.9 Å². The topological polar surface area (TPSA) is 80.9 Å². The van der Waals surface area contributed by atoms with Crippen molar-refractivity contribution in [2.45, 2.75) is 13.0 Å². The predicted octanol–water partition coefficient (Wildman–Crippen LogP) is 5.66. The average molecular weight is 483 g/mol. The number of aromatic nitrogens is 1. The van der Waals surface area contributed by atoms with Gasteiger partial charge in [-0.2, -0.15) is 0 Å². The van der Waals surface area contributed by atoms with Crippen LogP contribution in [0.4, 0.5) is 0 Å². The van der Waals surface area contributed by atoms with Gasteiger partial charge in [0.25, 0.3) is 5.91 Å². The summed E-state index contributed by atoms with van der Waals surface area (Å²) in [6.07, 6.45) is 4.19. The number of ether oxygens (including phenoxy) is 1. The Morgan fingerprint density at radius 1 is 1.03 bits per heavy atom. The van der Waals surface area contributed by atoms with E-state index in [4.69, 9.17) is 9.84 Å². The molecule has 0 saturated heterocycles. The fraction of sp³-hybridized carbons (Fsp3) is 0.107. The van der Waals surface area contributed by atoms with Crippen LogP contribution in [0, 0.1) is 0 Å². The highest BCUT2D eigenvalue weighted by Crippen LogP contribution is 2.31. The number of carbonyl (C=O) groups is 2. The first kappa shape index (κ1) is 22.7. The lowest BCUT2D eigenvalue weighted by atomic mass is 10.0. The molecule has 3 aromatic carbocycles. The van der Waals surface area contributed by atoms with Gasteiger partial charge in [-0.25, -0.2) is 4.99 Å². The molecule has 1 aliphatic rings. The number of carboxylic acid groups (broad SMARTS) is 1. The van der Waals surface area contributed by atoms with Crippen molar-refractivity contribution in [2.24, 2.45) is 4.99 Å². The van der Waals surface area contributed by atoms with Crippen molar-refractivity contribution in [1.29, 1.82) is 0 Å². The van der Waals surface area contributed by atoms with Gasteiger partial charge < -0.3 is 14.4 Å². The summed E-state index contributed by atoms with van der Waals surface area (Å²) in [6.45, 7) is -0.0743. The molecule has 0 saturated carbocycles. The maximum absolute atomic E-state index is 12.5.